The SMILES string of the molecule is CCN(C)CC1CCC(c2nc(-c3ccc4ccc(-c5ccccc5)nc4c3)c3c(N)nccn23)CC1.Nc1nccn2c(C3CCC(CN4CCCC4)CC3)nc(-c3ccc4ccc(-c5ccccc5)nc4c3)c12.Nc1nccn2c(C3CCC(CN4CCOCC4)CC3)nc(-c3ccc4ccc(-c5ccccc5)nc4c3)c12. The number of hydrogen-bond donors (Lipinski definition) is 3. The number of imidazole rings is 3. The number of nitrogens with two attached hydrogens (primary N) is 3. The molecule has 0 radical (unpaired) electrons. The van der Waals surface area contributed by atoms with Crippen molar-refractivity contribution in [2.75, 3.05) is 89.8 Å². The molecule has 9 aromatic heterocycles. The first-order valence-electron chi connectivity index (χ1n) is 41.5. The average molecular weight is 1510 g/mol. The fraction of sp³-hybridized carbons (Fsp3) is 0.337. The third kappa shape index (κ3) is 15.8. The van der Waals surface area contributed by atoms with Crippen LogP contribution in [0.2, 0.25) is 0 Å². The molecule has 3 saturated carbocycles. The van der Waals surface area contributed by atoms with Gasteiger partial charge in [0.05, 0.1) is 46.8 Å². The Morgan fingerprint density at radius 3 is 1.04 bits per heavy atom. The Balaban J connectivity index is 0.000000119. The van der Waals surface area contributed by atoms with Crippen LogP contribution in [0.15, 0.2) is 219 Å². The van der Waals surface area contributed by atoms with E-state index in [2.05, 4.69) is 184 Å². The van der Waals surface area contributed by atoms with Crippen molar-refractivity contribution in [2.45, 2.75) is 115 Å². The quantitative estimate of drug-likeness (QED) is 0.0817. The van der Waals surface area contributed by atoms with Gasteiger partial charge in [0, 0.05) is 137 Å². The highest BCUT2D eigenvalue weighted by molar-refractivity contribution is 5.94. The maximum Gasteiger partial charge on any atom is 0.150 e. The van der Waals surface area contributed by atoms with Crippen LogP contribution in [0.3, 0.4) is 0 Å². The predicted octanol–water partition coefficient (Wildman–Crippen LogP) is 18.8. The molecule has 19 nitrogen and oxygen atoms in total. The van der Waals surface area contributed by atoms with Crippen molar-refractivity contribution in [2.24, 2.45) is 17.8 Å². The van der Waals surface area contributed by atoms with Crippen molar-refractivity contribution in [3.63, 3.8) is 0 Å². The monoisotopic (exact) mass is 1510 g/mol. The van der Waals surface area contributed by atoms with Gasteiger partial charge in [-0.1, -0.05) is 153 Å². The zero-order valence-corrected chi connectivity index (χ0v) is 65.6. The van der Waals surface area contributed by atoms with Gasteiger partial charge in [0.2, 0.25) is 0 Å². The smallest absolute Gasteiger partial charge is 0.150 e. The zero-order chi connectivity index (χ0) is 77.0. The maximum atomic E-state index is 6.47. The van der Waals surface area contributed by atoms with E-state index in [9.17, 15) is 0 Å². The number of benzene rings is 6. The van der Waals surface area contributed by atoms with Gasteiger partial charge >= 0.3 is 0 Å². The molecule has 114 heavy (non-hydrogen) atoms. The summed E-state index contributed by atoms with van der Waals surface area (Å²) in [6.45, 7) is 13.4. The number of nitrogen functional groups attached to an aromatic ring is 3. The Hall–Kier alpha value is -11.4. The number of morpholine rings is 1. The molecule has 6 aromatic carbocycles. The zero-order valence-electron chi connectivity index (χ0n) is 65.6. The average Bonchev–Trinajstić information content (AvgIpc) is 1.73. The van der Waals surface area contributed by atoms with Gasteiger partial charge in [-0.15, -0.1) is 0 Å². The molecule has 0 spiro atoms. The lowest BCUT2D eigenvalue weighted by molar-refractivity contribution is 0.0273. The van der Waals surface area contributed by atoms with Crippen LogP contribution in [0.5, 0.6) is 0 Å². The highest BCUT2D eigenvalue weighted by Gasteiger charge is 2.33. The lowest BCUT2D eigenvalue weighted by Gasteiger charge is -2.34. The normalized spacial score (nSPS) is 19.7. The van der Waals surface area contributed by atoms with Gasteiger partial charge in [0.15, 0.2) is 0 Å². The molecule has 0 unspecified atom stereocenters. The Labute approximate surface area is 666 Å². The third-order valence-corrected chi connectivity index (χ3v) is 25.0. The van der Waals surface area contributed by atoms with Crippen molar-refractivity contribution in [3.05, 3.63) is 237 Å². The second-order valence-corrected chi connectivity index (χ2v) is 32.4. The van der Waals surface area contributed by atoms with E-state index in [1.807, 2.05) is 73.2 Å². The fourth-order valence-electron chi connectivity index (χ4n) is 18.7. The predicted molar refractivity (Wildman–Crippen MR) is 461 cm³/mol. The van der Waals surface area contributed by atoms with Crippen molar-refractivity contribution >= 4 is 66.7 Å². The van der Waals surface area contributed by atoms with Crippen LogP contribution in [-0.4, -0.2) is 145 Å². The minimum absolute atomic E-state index is 0.414. The second-order valence-electron chi connectivity index (χ2n) is 32.4. The molecule has 3 aliphatic carbocycles. The summed E-state index contributed by atoms with van der Waals surface area (Å²) >= 11 is 0. The van der Waals surface area contributed by atoms with E-state index in [-0.39, 0.29) is 0 Å². The number of pyridine rings is 3. The molecule has 0 bridgehead atoms. The van der Waals surface area contributed by atoms with Crippen molar-refractivity contribution in [1.29, 1.82) is 0 Å². The van der Waals surface area contributed by atoms with E-state index >= 15 is 0 Å². The number of fused-ring (bicyclic) bond motifs is 6. The van der Waals surface area contributed by atoms with Gasteiger partial charge in [-0.25, -0.2) is 44.9 Å². The van der Waals surface area contributed by atoms with Crippen molar-refractivity contribution < 1.29 is 4.74 Å². The highest BCUT2D eigenvalue weighted by Crippen LogP contribution is 2.44. The van der Waals surface area contributed by atoms with Crippen molar-refractivity contribution in [3.8, 4) is 67.5 Å². The van der Waals surface area contributed by atoms with E-state index in [4.69, 9.17) is 51.8 Å². The van der Waals surface area contributed by atoms with Crippen LogP contribution in [-0.2, 0) is 4.74 Å². The van der Waals surface area contributed by atoms with Crippen molar-refractivity contribution in [1.82, 2.24) is 72.8 Å². The molecule has 11 heterocycles. The minimum atomic E-state index is 0.414. The molecule has 5 fully saturated rings. The molecule has 15 aromatic rings. The van der Waals surface area contributed by atoms with E-state index in [1.165, 1.54) is 96.9 Å². The van der Waals surface area contributed by atoms with Crippen LogP contribution in [0.25, 0.3) is 117 Å². The molecule has 2 aliphatic heterocycles. The van der Waals surface area contributed by atoms with E-state index in [0.29, 0.717) is 35.2 Å². The van der Waals surface area contributed by atoms with Crippen LogP contribution in [0.1, 0.15) is 132 Å². The summed E-state index contributed by atoms with van der Waals surface area (Å²) in [5.74, 6) is 8.49. The Morgan fingerprint density at radius 2 is 0.693 bits per heavy atom. The minimum Gasteiger partial charge on any atom is -0.382 e. The summed E-state index contributed by atoms with van der Waals surface area (Å²) in [7, 11) is 2.22. The van der Waals surface area contributed by atoms with Crippen LogP contribution in [0, 0.1) is 17.8 Å². The molecular weight excluding hydrogens is 1410 g/mol. The molecule has 2 saturated heterocycles. The molecule has 0 amide bonds. The van der Waals surface area contributed by atoms with E-state index in [1.54, 1.807) is 18.6 Å². The Morgan fingerprint density at radius 1 is 0.368 bits per heavy atom. The summed E-state index contributed by atoms with van der Waals surface area (Å²) < 4.78 is 12.1. The van der Waals surface area contributed by atoms with Crippen LogP contribution >= 0.6 is 0 Å². The molecule has 578 valence electrons. The number of hydrogen-bond acceptors (Lipinski definition) is 16. The summed E-state index contributed by atoms with van der Waals surface area (Å²) in [4.78, 5) is 51.7. The van der Waals surface area contributed by atoms with Gasteiger partial charge in [-0.05, 0) is 171 Å². The third-order valence-electron chi connectivity index (χ3n) is 25.0. The fourth-order valence-corrected chi connectivity index (χ4v) is 18.7. The molecule has 20 rings (SSSR count). The second kappa shape index (κ2) is 33.4. The van der Waals surface area contributed by atoms with Gasteiger partial charge in [0.1, 0.15) is 68.6 Å². The maximum absolute atomic E-state index is 6.47. The summed E-state index contributed by atoms with van der Waals surface area (Å²) in [5, 5.41) is 3.32. The first-order valence-corrected chi connectivity index (χ1v) is 41.5. The van der Waals surface area contributed by atoms with Crippen LogP contribution in [0.4, 0.5) is 17.5 Å². The van der Waals surface area contributed by atoms with E-state index in [0.717, 1.165) is 211 Å². The molecule has 5 aliphatic rings. The van der Waals surface area contributed by atoms with Gasteiger partial charge in [-0.3, -0.25) is 18.1 Å². The molecular formula is C95H102N18O. The molecule has 6 N–H and O–H groups in total. The number of aromatic nitrogens is 12. The first kappa shape index (κ1) is 74.1. The topological polar surface area (TPSA) is 226 Å². The number of ether oxygens (including phenoxy) is 1. The number of rotatable bonds is 16. The Bertz CT molecular complexity index is 5850. The van der Waals surface area contributed by atoms with E-state index < -0.39 is 0 Å². The van der Waals surface area contributed by atoms with Gasteiger partial charge < -0.3 is 31.7 Å². The summed E-state index contributed by atoms with van der Waals surface area (Å²) in [6.07, 6.45) is 28.6. The van der Waals surface area contributed by atoms with Gasteiger partial charge in [-0.2, -0.15) is 0 Å². The van der Waals surface area contributed by atoms with Gasteiger partial charge in [0.25, 0.3) is 0 Å². The van der Waals surface area contributed by atoms with Crippen LogP contribution < -0.4 is 17.2 Å². The summed E-state index contributed by atoms with van der Waals surface area (Å²) in [6, 6.07) is 62.8. The molecule has 19 heteroatoms. The first-order chi connectivity index (χ1) is 56.1. The Kier molecular flexibility index (Phi) is 21.7. The number of anilines is 3. The number of nitrogens with zero attached hydrogens (tertiary/aromatic N) is 15. The number of likely N-dealkylation sites (tertiary alicyclic amines) is 1. The summed E-state index contributed by atoms with van der Waals surface area (Å²) in [5.41, 5.74) is 36.9. The molecule has 0 atom stereocenters. The highest BCUT2D eigenvalue weighted by atomic mass is 16.5. The standard InChI is InChI=1S/C32H34N6O.C32H34N6.C31H34N6/c33-31-30-29(26-11-10-24-12-13-27(35-28(24)20-26)23-4-2-1-3-5-23)36-32(38(30)15-14-34-31)25-8-6-22(7-9-25)21-37-16-18-39-19-17-37;33-31-30-29(26-13-12-24-14-15-27(35-28(24)20-26)23-6-2-1-3-7-23)36-32(38(30)19-16-34-31)25-10-8-22(9-11-25)21-37-17-4-5-18-37;1-3-36(2)20-21-9-11-24(12-10-21)31-35-28(29-30(32)33-17-18-37(29)31)25-14-13-23-15-16-26(34-27(23)19-25)22-7-5-4-6-8-22/h1-5,10-15,20,22,25H,6-9,16-19,21H2,(H2,33,34);1-3,6-7,12-16,19-20,22,25H,4-5,8-11,17-18,21H2,(H2,33,34);4-8,13-19,21,24H,3,9-12,20H2,1-2H3,(H2,32,33). The largest absolute Gasteiger partial charge is 0.382 e. The lowest BCUT2D eigenvalue weighted by Crippen LogP contribution is -2.40. The lowest BCUT2D eigenvalue weighted by atomic mass is 9.81.